The maximum Gasteiger partial charge on any atom is 0.0802 e. The lowest BCUT2D eigenvalue weighted by molar-refractivity contribution is -0.0695. The first-order valence-corrected chi connectivity index (χ1v) is 8.11. The Labute approximate surface area is 121 Å². The molecule has 0 unspecified atom stereocenters. The minimum Gasteiger partial charge on any atom is -0.377 e. The zero-order chi connectivity index (χ0) is 13.8. The van der Waals surface area contributed by atoms with Crippen LogP contribution in [0.5, 0.6) is 0 Å². The van der Waals surface area contributed by atoms with Gasteiger partial charge >= 0.3 is 0 Å². The van der Waals surface area contributed by atoms with E-state index in [1.54, 1.807) is 0 Å². The predicted molar refractivity (Wildman–Crippen MR) is 79.6 cm³/mol. The highest BCUT2D eigenvalue weighted by Gasteiger charge is 2.36. The smallest absolute Gasteiger partial charge is 0.0802 e. The van der Waals surface area contributed by atoms with Gasteiger partial charge in [0.25, 0.3) is 0 Å². The van der Waals surface area contributed by atoms with E-state index in [9.17, 15) is 0 Å². The largest absolute Gasteiger partial charge is 0.377 e. The van der Waals surface area contributed by atoms with Gasteiger partial charge in [-0.15, -0.1) is 0 Å². The van der Waals surface area contributed by atoms with Gasteiger partial charge in [0, 0.05) is 26.4 Å². The van der Waals surface area contributed by atoms with Crippen LogP contribution in [-0.4, -0.2) is 29.0 Å². The number of nitrogens with one attached hydrogen (secondary N) is 1. The van der Waals surface area contributed by atoms with Crippen molar-refractivity contribution in [3.63, 3.8) is 0 Å². The summed E-state index contributed by atoms with van der Waals surface area (Å²) in [7, 11) is 1.83. The molecule has 1 heterocycles. The highest BCUT2D eigenvalue weighted by Crippen LogP contribution is 2.34. The maximum absolute atomic E-state index is 5.62. The predicted octanol–water partition coefficient (Wildman–Crippen LogP) is 3.05. The zero-order valence-electron chi connectivity index (χ0n) is 12.6. The first-order valence-electron chi connectivity index (χ1n) is 8.11. The lowest BCUT2D eigenvalue weighted by Crippen LogP contribution is -2.47. The molecule has 4 heteroatoms. The lowest BCUT2D eigenvalue weighted by Gasteiger charge is -2.40. The topological polar surface area (TPSA) is 39.1 Å². The minimum atomic E-state index is 0.103. The van der Waals surface area contributed by atoms with Crippen LogP contribution in [0, 0.1) is 0 Å². The van der Waals surface area contributed by atoms with E-state index in [0.29, 0.717) is 6.04 Å². The van der Waals surface area contributed by atoms with E-state index in [0.717, 1.165) is 18.8 Å². The van der Waals surface area contributed by atoms with E-state index in [1.165, 1.54) is 51.4 Å². The summed E-state index contributed by atoms with van der Waals surface area (Å²) >= 11 is 0. The summed E-state index contributed by atoms with van der Waals surface area (Å²) < 4.78 is 7.81. The van der Waals surface area contributed by atoms with Crippen LogP contribution in [0.2, 0.25) is 0 Å². The van der Waals surface area contributed by atoms with Gasteiger partial charge in [-0.05, 0) is 38.2 Å². The molecule has 0 amide bonds. The quantitative estimate of drug-likeness (QED) is 0.868. The Bertz CT molecular complexity index is 414. The van der Waals surface area contributed by atoms with Crippen molar-refractivity contribution in [2.24, 2.45) is 0 Å². The molecule has 2 fully saturated rings. The number of nitrogens with zero attached hydrogens (tertiary/aromatic N) is 2. The van der Waals surface area contributed by atoms with Gasteiger partial charge in [0.2, 0.25) is 0 Å². The van der Waals surface area contributed by atoms with Crippen LogP contribution in [-0.2, 0) is 11.3 Å². The Kier molecular flexibility index (Phi) is 4.41. The lowest BCUT2D eigenvalue weighted by atomic mass is 9.80. The van der Waals surface area contributed by atoms with Crippen LogP contribution in [0.1, 0.15) is 63.1 Å². The van der Waals surface area contributed by atoms with E-state index in [-0.39, 0.29) is 5.60 Å². The summed E-state index contributed by atoms with van der Waals surface area (Å²) in [5.74, 6) is 0. The van der Waals surface area contributed by atoms with Crippen molar-refractivity contribution in [2.45, 2.75) is 69.6 Å². The van der Waals surface area contributed by atoms with Gasteiger partial charge in [0.15, 0.2) is 0 Å². The summed E-state index contributed by atoms with van der Waals surface area (Å²) in [5, 5.41) is 8.25. The van der Waals surface area contributed by atoms with Crippen LogP contribution in [0.15, 0.2) is 12.3 Å². The van der Waals surface area contributed by atoms with Crippen molar-refractivity contribution in [3.05, 3.63) is 18.0 Å². The van der Waals surface area contributed by atoms with Gasteiger partial charge in [-0.25, -0.2) is 0 Å². The third-order valence-electron chi connectivity index (χ3n) is 5.06. The molecular weight excluding hydrogens is 250 g/mol. The summed E-state index contributed by atoms with van der Waals surface area (Å²) in [6, 6.07) is 2.79. The molecule has 1 N–H and O–H groups in total. The molecule has 2 aliphatic carbocycles. The standard InChI is InChI=1S/C16H27N3O/c1-20-16(9-5-10-16)13-17-12-14-8-11-19(18-14)15-6-3-2-4-7-15/h8,11,15,17H,2-7,9-10,12-13H2,1H3. The maximum atomic E-state index is 5.62. The number of methoxy groups -OCH3 is 1. The van der Waals surface area contributed by atoms with E-state index < -0.39 is 0 Å². The molecular formula is C16H27N3O. The van der Waals surface area contributed by atoms with Gasteiger partial charge in [-0.3, -0.25) is 4.68 Å². The van der Waals surface area contributed by atoms with E-state index in [4.69, 9.17) is 9.84 Å². The van der Waals surface area contributed by atoms with Crippen LogP contribution >= 0.6 is 0 Å². The number of hydrogen-bond acceptors (Lipinski definition) is 3. The van der Waals surface area contributed by atoms with Crippen molar-refractivity contribution in [1.82, 2.24) is 15.1 Å². The molecule has 0 aliphatic heterocycles. The normalized spacial score (nSPS) is 22.6. The molecule has 4 nitrogen and oxygen atoms in total. The van der Waals surface area contributed by atoms with E-state index in [2.05, 4.69) is 22.3 Å². The van der Waals surface area contributed by atoms with Crippen LogP contribution in [0.25, 0.3) is 0 Å². The average Bonchev–Trinajstić information content (AvgIpc) is 2.92. The Hall–Kier alpha value is -0.870. The van der Waals surface area contributed by atoms with Crippen molar-refractivity contribution in [1.29, 1.82) is 0 Å². The van der Waals surface area contributed by atoms with Gasteiger partial charge in [0.1, 0.15) is 0 Å². The van der Waals surface area contributed by atoms with Gasteiger partial charge in [-0.2, -0.15) is 5.10 Å². The van der Waals surface area contributed by atoms with Crippen LogP contribution < -0.4 is 5.32 Å². The Morgan fingerprint density at radius 3 is 2.75 bits per heavy atom. The highest BCUT2D eigenvalue weighted by molar-refractivity contribution is 5.01. The second-order valence-corrected chi connectivity index (χ2v) is 6.42. The monoisotopic (exact) mass is 277 g/mol. The Morgan fingerprint density at radius 1 is 1.30 bits per heavy atom. The van der Waals surface area contributed by atoms with E-state index in [1.807, 2.05) is 7.11 Å². The molecule has 1 aromatic heterocycles. The van der Waals surface area contributed by atoms with Crippen molar-refractivity contribution >= 4 is 0 Å². The molecule has 2 saturated carbocycles. The molecule has 1 aromatic rings. The second kappa shape index (κ2) is 6.27. The van der Waals surface area contributed by atoms with Crippen LogP contribution in [0.3, 0.4) is 0 Å². The molecule has 0 bridgehead atoms. The number of hydrogen-bond donors (Lipinski definition) is 1. The molecule has 3 rings (SSSR count). The molecule has 2 aliphatic rings. The summed E-state index contributed by atoms with van der Waals surface area (Å²) in [6.45, 7) is 1.80. The fourth-order valence-corrected chi connectivity index (χ4v) is 3.46. The molecule has 0 saturated heterocycles. The highest BCUT2D eigenvalue weighted by atomic mass is 16.5. The van der Waals surface area contributed by atoms with E-state index >= 15 is 0 Å². The fourth-order valence-electron chi connectivity index (χ4n) is 3.46. The summed E-state index contributed by atoms with van der Waals surface area (Å²) in [6.07, 6.45) is 12.5. The number of aromatic nitrogens is 2. The van der Waals surface area contributed by atoms with Crippen LogP contribution in [0.4, 0.5) is 0 Å². The van der Waals surface area contributed by atoms with Crippen molar-refractivity contribution in [2.75, 3.05) is 13.7 Å². The molecule has 0 radical (unpaired) electrons. The van der Waals surface area contributed by atoms with Gasteiger partial charge < -0.3 is 10.1 Å². The zero-order valence-corrected chi connectivity index (χ0v) is 12.6. The van der Waals surface area contributed by atoms with Gasteiger partial charge in [0.05, 0.1) is 17.3 Å². The first kappa shape index (κ1) is 14.1. The Morgan fingerprint density at radius 2 is 2.10 bits per heavy atom. The summed E-state index contributed by atoms with van der Waals surface area (Å²) in [4.78, 5) is 0. The first-order chi connectivity index (χ1) is 9.81. The average molecular weight is 277 g/mol. The van der Waals surface area contributed by atoms with Crippen molar-refractivity contribution < 1.29 is 4.74 Å². The SMILES string of the molecule is COC1(CNCc2ccn(C3CCCCC3)n2)CCC1. The third-order valence-corrected chi connectivity index (χ3v) is 5.06. The van der Waals surface area contributed by atoms with Gasteiger partial charge in [-0.1, -0.05) is 19.3 Å². The molecule has 0 atom stereocenters. The van der Waals surface area contributed by atoms with Crippen molar-refractivity contribution in [3.8, 4) is 0 Å². The molecule has 0 spiro atoms. The molecule has 112 valence electrons. The fraction of sp³-hybridized carbons (Fsp3) is 0.812. The Balaban J connectivity index is 1.47. The number of ether oxygens (including phenoxy) is 1. The molecule has 20 heavy (non-hydrogen) atoms. The second-order valence-electron chi connectivity index (χ2n) is 6.42. The summed E-state index contributed by atoms with van der Waals surface area (Å²) in [5.41, 5.74) is 1.26. The third kappa shape index (κ3) is 3.07. The minimum absolute atomic E-state index is 0.103. The number of rotatable bonds is 6. The molecule has 0 aromatic carbocycles.